The third-order valence-corrected chi connectivity index (χ3v) is 3.53. The Morgan fingerprint density at radius 1 is 1.38 bits per heavy atom. The lowest BCUT2D eigenvalue weighted by Gasteiger charge is -2.14. The normalized spacial score (nSPS) is 17.3. The third-order valence-electron chi connectivity index (χ3n) is 3.53. The van der Waals surface area contributed by atoms with Gasteiger partial charge in [0.05, 0.1) is 0 Å². The predicted molar refractivity (Wildman–Crippen MR) is 64.4 cm³/mol. The van der Waals surface area contributed by atoms with E-state index in [0.717, 1.165) is 17.6 Å². The molecule has 2 aromatic rings. The number of aryl methyl sites for hydroxylation is 1. The second-order valence-corrected chi connectivity index (χ2v) is 4.54. The van der Waals surface area contributed by atoms with E-state index in [-0.39, 0.29) is 0 Å². The maximum atomic E-state index is 4.68. The van der Waals surface area contributed by atoms with Gasteiger partial charge in [-0.25, -0.2) is 9.97 Å². The van der Waals surface area contributed by atoms with Crippen LogP contribution in [0.25, 0.3) is 11.2 Å². The van der Waals surface area contributed by atoms with Crippen molar-refractivity contribution in [2.75, 3.05) is 0 Å². The van der Waals surface area contributed by atoms with E-state index in [2.05, 4.69) is 27.5 Å². The summed E-state index contributed by atoms with van der Waals surface area (Å²) in [5, 5.41) is 0. The van der Waals surface area contributed by atoms with Gasteiger partial charge in [-0.05, 0) is 25.0 Å². The Hall–Kier alpha value is -1.38. The molecule has 0 amide bonds. The van der Waals surface area contributed by atoms with Gasteiger partial charge < -0.3 is 4.57 Å². The van der Waals surface area contributed by atoms with E-state index >= 15 is 0 Å². The van der Waals surface area contributed by atoms with E-state index < -0.39 is 0 Å². The van der Waals surface area contributed by atoms with Gasteiger partial charge in [-0.3, -0.25) is 0 Å². The number of nitrogens with zero attached hydrogens (tertiary/aromatic N) is 3. The van der Waals surface area contributed by atoms with Crippen LogP contribution in [0.5, 0.6) is 0 Å². The molecule has 0 saturated heterocycles. The maximum Gasteiger partial charge on any atom is 0.160 e. The summed E-state index contributed by atoms with van der Waals surface area (Å²) in [6, 6.07) is 4.66. The molecule has 1 saturated carbocycles. The fraction of sp³-hybridized carbons (Fsp3) is 0.538. The molecule has 1 fully saturated rings. The van der Waals surface area contributed by atoms with Gasteiger partial charge in [-0.15, -0.1) is 0 Å². The van der Waals surface area contributed by atoms with Crippen LogP contribution in [0.3, 0.4) is 0 Å². The smallest absolute Gasteiger partial charge is 0.160 e. The molecule has 1 aliphatic rings. The fourth-order valence-corrected chi connectivity index (χ4v) is 2.77. The zero-order valence-electron chi connectivity index (χ0n) is 9.69. The third kappa shape index (κ3) is 1.42. The van der Waals surface area contributed by atoms with Gasteiger partial charge in [-0.1, -0.05) is 19.8 Å². The first kappa shape index (κ1) is 9.82. The Labute approximate surface area is 95.5 Å². The number of aromatic nitrogens is 3. The Morgan fingerprint density at radius 2 is 2.19 bits per heavy atom. The predicted octanol–water partition coefficient (Wildman–Crippen LogP) is 3.11. The fourth-order valence-electron chi connectivity index (χ4n) is 2.77. The first-order valence-corrected chi connectivity index (χ1v) is 6.22. The number of imidazole rings is 1. The van der Waals surface area contributed by atoms with Crippen molar-refractivity contribution >= 4 is 11.2 Å². The molecule has 0 atom stereocenters. The van der Waals surface area contributed by atoms with Gasteiger partial charge in [0.2, 0.25) is 0 Å². The number of hydrogen-bond acceptors (Lipinski definition) is 2. The van der Waals surface area contributed by atoms with E-state index in [1.807, 2.05) is 12.3 Å². The van der Waals surface area contributed by atoms with Crippen LogP contribution >= 0.6 is 0 Å². The van der Waals surface area contributed by atoms with Crippen molar-refractivity contribution in [3.8, 4) is 0 Å². The quantitative estimate of drug-likeness (QED) is 0.770. The molecule has 2 heterocycles. The first-order chi connectivity index (χ1) is 7.90. The summed E-state index contributed by atoms with van der Waals surface area (Å²) in [4.78, 5) is 9.17. The summed E-state index contributed by atoms with van der Waals surface area (Å²) in [5.74, 6) is 1.20. The van der Waals surface area contributed by atoms with E-state index in [1.54, 1.807) is 0 Å². The van der Waals surface area contributed by atoms with E-state index in [1.165, 1.54) is 31.5 Å². The number of fused-ring (bicyclic) bond motifs is 1. The molecule has 3 nitrogen and oxygen atoms in total. The molecule has 3 rings (SSSR count). The number of pyridine rings is 1. The van der Waals surface area contributed by atoms with Gasteiger partial charge >= 0.3 is 0 Å². The van der Waals surface area contributed by atoms with Crippen LogP contribution in [-0.2, 0) is 6.42 Å². The SMILES string of the molecule is CCc1nc2cccnc2n1C1CCCC1. The highest BCUT2D eigenvalue weighted by atomic mass is 15.1. The lowest BCUT2D eigenvalue weighted by Crippen LogP contribution is -2.09. The maximum absolute atomic E-state index is 4.68. The Bertz CT molecular complexity index is 495. The van der Waals surface area contributed by atoms with Crippen LogP contribution in [0.1, 0.15) is 44.5 Å². The molecule has 0 unspecified atom stereocenters. The molecule has 0 bridgehead atoms. The average molecular weight is 215 g/mol. The lowest BCUT2D eigenvalue weighted by molar-refractivity contribution is 0.510. The van der Waals surface area contributed by atoms with Gasteiger partial charge in [0, 0.05) is 18.7 Å². The van der Waals surface area contributed by atoms with Crippen molar-refractivity contribution in [1.29, 1.82) is 0 Å². The molecular weight excluding hydrogens is 198 g/mol. The lowest BCUT2D eigenvalue weighted by atomic mass is 10.2. The van der Waals surface area contributed by atoms with Gasteiger partial charge in [0.15, 0.2) is 5.65 Å². The van der Waals surface area contributed by atoms with Crippen LogP contribution in [0.2, 0.25) is 0 Å². The number of rotatable bonds is 2. The molecule has 0 spiro atoms. The highest BCUT2D eigenvalue weighted by molar-refractivity contribution is 5.71. The summed E-state index contributed by atoms with van der Waals surface area (Å²) >= 11 is 0. The molecule has 3 heteroatoms. The average Bonchev–Trinajstić information content (AvgIpc) is 2.94. The summed E-state index contributed by atoms with van der Waals surface area (Å²) in [6.45, 7) is 2.17. The minimum atomic E-state index is 0.634. The summed E-state index contributed by atoms with van der Waals surface area (Å²) in [6.07, 6.45) is 8.13. The van der Waals surface area contributed by atoms with Gasteiger partial charge in [0.25, 0.3) is 0 Å². The van der Waals surface area contributed by atoms with Crippen molar-refractivity contribution in [2.24, 2.45) is 0 Å². The van der Waals surface area contributed by atoms with Crippen LogP contribution in [0.4, 0.5) is 0 Å². The molecule has 0 aromatic carbocycles. The van der Waals surface area contributed by atoms with E-state index in [0.29, 0.717) is 6.04 Å². The monoisotopic (exact) mass is 215 g/mol. The van der Waals surface area contributed by atoms with Gasteiger partial charge in [0.1, 0.15) is 11.3 Å². The van der Waals surface area contributed by atoms with Crippen molar-refractivity contribution in [2.45, 2.75) is 45.1 Å². The van der Waals surface area contributed by atoms with Gasteiger partial charge in [-0.2, -0.15) is 0 Å². The highest BCUT2D eigenvalue weighted by Crippen LogP contribution is 2.33. The Morgan fingerprint density at radius 3 is 2.94 bits per heavy atom. The summed E-state index contributed by atoms with van der Waals surface area (Å²) in [5.41, 5.74) is 2.12. The van der Waals surface area contributed by atoms with Crippen LogP contribution in [-0.4, -0.2) is 14.5 Å². The molecular formula is C13H17N3. The topological polar surface area (TPSA) is 30.7 Å². The number of hydrogen-bond donors (Lipinski definition) is 0. The highest BCUT2D eigenvalue weighted by Gasteiger charge is 2.22. The second kappa shape index (κ2) is 3.89. The van der Waals surface area contributed by atoms with Crippen molar-refractivity contribution < 1.29 is 0 Å². The minimum Gasteiger partial charge on any atom is -0.310 e. The van der Waals surface area contributed by atoms with E-state index in [4.69, 9.17) is 0 Å². The largest absolute Gasteiger partial charge is 0.310 e. The van der Waals surface area contributed by atoms with Crippen LogP contribution < -0.4 is 0 Å². The first-order valence-electron chi connectivity index (χ1n) is 6.22. The second-order valence-electron chi connectivity index (χ2n) is 4.54. The Kier molecular flexibility index (Phi) is 2.39. The standard InChI is InChI=1S/C13H17N3/c1-2-12-15-11-8-5-9-14-13(11)16(12)10-6-3-4-7-10/h5,8-10H,2-4,6-7H2,1H3. The molecule has 1 aliphatic carbocycles. The van der Waals surface area contributed by atoms with E-state index in [9.17, 15) is 0 Å². The molecule has 16 heavy (non-hydrogen) atoms. The molecule has 84 valence electrons. The summed E-state index contributed by atoms with van der Waals surface area (Å²) in [7, 11) is 0. The van der Waals surface area contributed by atoms with Crippen LogP contribution in [0.15, 0.2) is 18.3 Å². The molecule has 2 aromatic heterocycles. The molecule has 0 aliphatic heterocycles. The van der Waals surface area contributed by atoms with Crippen molar-refractivity contribution in [1.82, 2.24) is 14.5 Å². The minimum absolute atomic E-state index is 0.634. The zero-order valence-corrected chi connectivity index (χ0v) is 9.69. The molecule has 0 N–H and O–H groups in total. The van der Waals surface area contributed by atoms with Crippen molar-refractivity contribution in [3.63, 3.8) is 0 Å². The van der Waals surface area contributed by atoms with Crippen molar-refractivity contribution in [3.05, 3.63) is 24.2 Å². The molecule has 0 radical (unpaired) electrons. The summed E-state index contributed by atoms with van der Waals surface area (Å²) < 4.78 is 2.38. The Balaban J connectivity index is 2.18. The zero-order chi connectivity index (χ0) is 11.0. The van der Waals surface area contributed by atoms with Crippen LogP contribution in [0, 0.1) is 0 Å².